The molecule has 1 aliphatic heterocycles. The topological polar surface area (TPSA) is 43.8 Å². The number of guanidine groups is 1. The van der Waals surface area contributed by atoms with Gasteiger partial charge in [0.1, 0.15) is 0 Å². The van der Waals surface area contributed by atoms with Crippen LogP contribution in [-0.2, 0) is 6.54 Å². The highest BCUT2D eigenvalue weighted by Crippen LogP contribution is 2.43. The van der Waals surface area contributed by atoms with Gasteiger partial charge in [0, 0.05) is 39.6 Å². The highest BCUT2D eigenvalue weighted by atomic mass is 32.1. The molecule has 3 rings (SSSR count). The maximum atomic E-state index is 4.63. The molecule has 23 heavy (non-hydrogen) atoms. The van der Waals surface area contributed by atoms with E-state index in [9.17, 15) is 0 Å². The van der Waals surface area contributed by atoms with Gasteiger partial charge in [0.2, 0.25) is 0 Å². The van der Waals surface area contributed by atoms with E-state index in [2.05, 4.69) is 30.5 Å². The number of likely N-dealkylation sites (tertiary alicyclic amines) is 1. The Morgan fingerprint density at radius 3 is 2.78 bits per heavy atom. The molecule has 1 aromatic heterocycles. The molecule has 5 nitrogen and oxygen atoms in total. The lowest BCUT2D eigenvalue weighted by molar-refractivity contribution is 0.203. The van der Waals surface area contributed by atoms with Gasteiger partial charge < -0.3 is 15.1 Å². The molecule has 1 spiro atoms. The largest absolute Gasteiger partial charge is 0.354 e. The van der Waals surface area contributed by atoms with Crippen molar-refractivity contribution in [3.8, 4) is 0 Å². The van der Waals surface area contributed by atoms with Crippen LogP contribution in [0.25, 0.3) is 0 Å². The van der Waals surface area contributed by atoms with Crippen LogP contribution in [0.5, 0.6) is 0 Å². The van der Waals surface area contributed by atoms with E-state index in [-0.39, 0.29) is 0 Å². The van der Waals surface area contributed by atoms with Crippen molar-refractivity contribution in [1.82, 2.24) is 15.2 Å². The quantitative estimate of drug-likeness (QED) is 0.681. The number of anilines is 1. The van der Waals surface area contributed by atoms with Gasteiger partial charge in [-0.3, -0.25) is 4.99 Å². The summed E-state index contributed by atoms with van der Waals surface area (Å²) in [4.78, 5) is 13.6. The summed E-state index contributed by atoms with van der Waals surface area (Å²) >= 11 is 1.69. The van der Waals surface area contributed by atoms with Crippen LogP contribution in [0.1, 0.15) is 44.2 Å². The second kappa shape index (κ2) is 7.07. The molecule has 0 aromatic carbocycles. The van der Waals surface area contributed by atoms with Crippen molar-refractivity contribution in [2.24, 2.45) is 10.4 Å². The molecule has 2 fully saturated rings. The molecule has 0 amide bonds. The zero-order valence-corrected chi connectivity index (χ0v) is 15.5. The van der Waals surface area contributed by atoms with Gasteiger partial charge in [-0.15, -0.1) is 11.3 Å². The van der Waals surface area contributed by atoms with E-state index in [0.717, 1.165) is 29.9 Å². The van der Waals surface area contributed by atoms with E-state index < -0.39 is 0 Å². The van der Waals surface area contributed by atoms with Gasteiger partial charge in [0.05, 0.1) is 12.2 Å². The molecule has 128 valence electrons. The van der Waals surface area contributed by atoms with Crippen molar-refractivity contribution < 1.29 is 0 Å². The molecule has 2 heterocycles. The van der Waals surface area contributed by atoms with E-state index in [4.69, 9.17) is 0 Å². The first-order valence-electron chi connectivity index (χ1n) is 8.69. The summed E-state index contributed by atoms with van der Waals surface area (Å²) in [5, 5.41) is 6.69. The maximum absolute atomic E-state index is 4.63. The average Bonchev–Trinajstić information content (AvgIpc) is 3.17. The third-order valence-corrected chi connectivity index (χ3v) is 6.27. The zero-order valence-electron chi connectivity index (χ0n) is 14.6. The number of aliphatic imine (C=N–C) groups is 1. The number of thiazole rings is 1. The Morgan fingerprint density at radius 1 is 1.35 bits per heavy atom. The number of nitrogens with zero attached hydrogens (tertiary/aromatic N) is 4. The Hall–Kier alpha value is -1.30. The Labute approximate surface area is 143 Å². The van der Waals surface area contributed by atoms with E-state index in [1.54, 1.807) is 11.3 Å². The molecule has 1 aliphatic carbocycles. The summed E-state index contributed by atoms with van der Waals surface area (Å²) in [6.07, 6.45) is 8.37. The van der Waals surface area contributed by atoms with E-state index >= 15 is 0 Å². The third-order valence-electron chi connectivity index (χ3n) is 5.21. The molecular weight excluding hydrogens is 306 g/mol. The van der Waals surface area contributed by atoms with Crippen LogP contribution < -0.4 is 10.2 Å². The van der Waals surface area contributed by atoms with E-state index in [1.807, 2.05) is 21.1 Å². The normalized spacial score (nSPS) is 21.0. The predicted octanol–water partition coefficient (Wildman–Crippen LogP) is 2.94. The lowest BCUT2D eigenvalue weighted by Gasteiger charge is -2.33. The van der Waals surface area contributed by atoms with Crippen molar-refractivity contribution in [2.45, 2.75) is 45.1 Å². The lowest BCUT2D eigenvalue weighted by Crippen LogP contribution is -2.41. The summed E-state index contributed by atoms with van der Waals surface area (Å²) in [7, 11) is 5.95. The fourth-order valence-electron chi connectivity index (χ4n) is 3.91. The van der Waals surface area contributed by atoms with Crippen LogP contribution in [0.2, 0.25) is 0 Å². The molecule has 0 unspecified atom stereocenters. The standard InChI is InChI=1S/C17H29N5S/c1-18-15(19-11-14-12-23-16(20-14)21(2)3)22-10-9-17(13-22)7-5-4-6-8-17/h12H,4-11,13H2,1-3H3,(H,18,19). The van der Waals surface area contributed by atoms with Gasteiger partial charge in [0.25, 0.3) is 0 Å². The first-order valence-corrected chi connectivity index (χ1v) is 9.57. The molecule has 2 aliphatic rings. The van der Waals surface area contributed by atoms with Gasteiger partial charge in [-0.1, -0.05) is 19.3 Å². The third kappa shape index (κ3) is 3.79. The number of aromatic nitrogens is 1. The summed E-state index contributed by atoms with van der Waals surface area (Å²) in [6, 6.07) is 0. The predicted molar refractivity (Wildman–Crippen MR) is 98.3 cm³/mol. The second-order valence-corrected chi connectivity index (χ2v) is 7.99. The number of rotatable bonds is 3. The lowest BCUT2D eigenvalue weighted by atomic mass is 9.73. The van der Waals surface area contributed by atoms with Gasteiger partial charge in [-0.05, 0) is 24.7 Å². The highest BCUT2D eigenvalue weighted by Gasteiger charge is 2.39. The van der Waals surface area contributed by atoms with Crippen LogP contribution in [0, 0.1) is 5.41 Å². The summed E-state index contributed by atoms with van der Waals surface area (Å²) in [5.74, 6) is 1.03. The highest BCUT2D eigenvalue weighted by molar-refractivity contribution is 7.13. The minimum Gasteiger partial charge on any atom is -0.354 e. The molecule has 1 saturated carbocycles. The van der Waals surface area contributed by atoms with Crippen molar-refractivity contribution >= 4 is 22.4 Å². The molecule has 0 bridgehead atoms. The molecule has 6 heteroatoms. The van der Waals surface area contributed by atoms with E-state index in [0.29, 0.717) is 5.41 Å². The molecule has 0 atom stereocenters. The minimum atomic E-state index is 0.564. The van der Waals surface area contributed by atoms with Crippen LogP contribution >= 0.6 is 11.3 Å². The summed E-state index contributed by atoms with van der Waals surface area (Å²) < 4.78 is 0. The second-order valence-electron chi connectivity index (χ2n) is 7.15. The van der Waals surface area contributed by atoms with Crippen LogP contribution in [-0.4, -0.2) is 50.1 Å². The molecule has 1 saturated heterocycles. The SMILES string of the molecule is CN=C(NCc1csc(N(C)C)n1)N1CCC2(CCCCC2)C1. The Morgan fingerprint density at radius 2 is 2.13 bits per heavy atom. The molecule has 0 radical (unpaired) electrons. The molecular formula is C17H29N5S. The fourth-order valence-corrected chi connectivity index (χ4v) is 4.67. The van der Waals surface area contributed by atoms with Crippen LogP contribution in [0.3, 0.4) is 0 Å². The van der Waals surface area contributed by atoms with Crippen LogP contribution in [0.15, 0.2) is 10.4 Å². The fraction of sp³-hybridized carbons (Fsp3) is 0.765. The van der Waals surface area contributed by atoms with Gasteiger partial charge in [-0.2, -0.15) is 0 Å². The maximum Gasteiger partial charge on any atom is 0.193 e. The van der Waals surface area contributed by atoms with Crippen molar-refractivity contribution in [3.63, 3.8) is 0 Å². The monoisotopic (exact) mass is 335 g/mol. The Bertz CT molecular complexity index is 545. The smallest absolute Gasteiger partial charge is 0.193 e. The molecule has 1 N–H and O–H groups in total. The van der Waals surface area contributed by atoms with Gasteiger partial charge >= 0.3 is 0 Å². The van der Waals surface area contributed by atoms with Gasteiger partial charge in [0.15, 0.2) is 11.1 Å². The first kappa shape index (κ1) is 16.6. The number of hydrogen-bond acceptors (Lipinski definition) is 4. The average molecular weight is 336 g/mol. The van der Waals surface area contributed by atoms with Crippen molar-refractivity contribution in [3.05, 3.63) is 11.1 Å². The van der Waals surface area contributed by atoms with Crippen molar-refractivity contribution in [2.75, 3.05) is 39.1 Å². The first-order chi connectivity index (χ1) is 11.1. The van der Waals surface area contributed by atoms with Gasteiger partial charge in [-0.25, -0.2) is 4.98 Å². The number of hydrogen-bond donors (Lipinski definition) is 1. The van der Waals surface area contributed by atoms with E-state index in [1.165, 1.54) is 45.1 Å². The minimum absolute atomic E-state index is 0.564. The molecule has 1 aromatic rings. The van der Waals surface area contributed by atoms with Crippen molar-refractivity contribution in [1.29, 1.82) is 0 Å². The summed E-state index contributed by atoms with van der Waals surface area (Å²) in [5.41, 5.74) is 1.65. The van der Waals surface area contributed by atoms with Crippen LogP contribution in [0.4, 0.5) is 5.13 Å². The number of nitrogens with one attached hydrogen (secondary N) is 1. The Balaban J connectivity index is 1.56. The summed E-state index contributed by atoms with van der Waals surface area (Å²) in [6.45, 7) is 3.06. The Kier molecular flexibility index (Phi) is 5.09. The zero-order chi connectivity index (χ0) is 16.3.